The third-order valence-electron chi connectivity index (χ3n) is 4.92. The van der Waals surface area contributed by atoms with Gasteiger partial charge in [0.05, 0.1) is 6.54 Å². The number of amides is 2. The fraction of sp³-hybridized carbons (Fsp3) is 0.524. The molecule has 1 fully saturated rings. The maximum atomic E-state index is 12.5. The molecule has 2 heterocycles. The van der Waals surface area contributed by atoms with Gasteiger partial charge < -0.3 is 19.9 Å². The molecule has 9 heteroatoms. The summed E-state index contributed by atoms with van der Waals surface area (Å²) in [6.07, 6.45) is 2.60. The summed E-state index contributed by atoms with van der Waals surface area (Å²) in [5.41, 5.74) is 0.583. The molecule has 30 heavy (non-hydrogen) atoms. The van der Waals surface area contributed by atoms with Crippen molar-refractivity contribution < 1.29 is 18.8 Å². The number of ether oxygens (including phenoxy) is 1. The highest BCUT2D eigenvalue weighted by Gasteiger charge is 2.22. The van der Waals surface area contributed by atoms with Crippen LogP contribution in [0, 0.1) is 6.92 Å². The zero-order chi connectivity index (χ0) is 21.3. The van der Waals surface area contributed by atoms with Crippen molar-refractivity contribution in [3.8, 4) is 5.75 Å². The quantitative estimate of drug-likeness (QED) is 0.641. The number of aromatic nitrogens is 2. The van der Waals surface area contributed by atoms with Crippen LogP contribution in [0.3, 0.4) is 0 Å². The van der Waals surface area contributed by atoms with E-state index in [0.29, 0.717) is 36.1 Å². The van der Waals surface area contributed by atoms with Crippen molar-refractivity contribution in [3.63, 3.8) is 0 Å². The summed E-state index contributed by atoms with van der Waals surface area (Å²) in [6, 6.07) is 7.09. The van der Waals surface area contributed by atoms with Crippen LogP contribution in [0.1, 0.15) is 48.3 Å². The number of carbonyl (C=O) groups is 2. The van der Waals surface area contributed by atoms with Gasteiger partial charge in [0.1, 0.15) is 5.75 Å². The van der Waals surface area contributed by atoms with Crippen LogP contribution in [-0.2, 0) is 11.4 Å². The number of carbonyl (C=O) groups excluding carboxylic acids is 2. The summed E-state index contributed by atoms with van der Waals surface area (Å²) in [6.45, 7) is 6.69. The minimum atomic E-state index is -0.102. The average Bonchev–Trinajstić information content (AvgIpc) is 3.17. The van der Waals surface area contributed by atoms with E-state index in [1.165, 1.54) is 0 Å². The Morgan fingerprint density at radius 2 is 1.97 bits per heavy atom. The van der Waals surface area contributed by atoms with Crippen LogP contribution in [0.4, 0.5) is 0 Å². The van der Waals surface area contributed by atoms with E-state index in [4.69, 9.17) is 9.26 Å². The number of benzene rings is 1. The predicted octanol–water partition coefficient (Wildman–Crippen LogP) is 1.68. The molecule has 2 N–H and O–H groups in total. The van der Waals surface area contributed by atoms with Gasteiger partial charge in [-0.05, 0) is 43.5 Å². The smallest absolute Gasteiger partial charge is 0.251 e. The summed E-state index contributed by atoms with van der Waals surface area (Å²) in [5, 5.41) is 9.76. The second-order valence-electron chi connectivity index (χ2n) is 7.42. The molecular weight excluding hydrogens is 386 g/mol. The Morgan fingerprint density at radius 1 is 1.23 bits per heavy atom. The Labute approximate surface area is 176 Å². The molecule has 0 unspecified atom stereocenters. The van der Waals surface area contributed by atoms with Crippen molar-refractivity contribution in [2.45, 2.75) is 45.8 Å². The van der Waals surface area contributed by atoms with Gasteiger partial charge in [-0.1, -0.05) is 12.1 Å². The predicted molar refractivity (Wildman–Crippen MR) is 110 cm³/mol. The first kappa shape index (κ1) is 21.8. The number of likely N-dealkylation sites (tertiary alicyclic amines) is 1. The Bertz CT molecular complexity index is 828. The summed E-state index contributed by atoms with van der Waals surface area (Å²) in [7, 11) is 0. The van der Waals surface area contributed by atoms with Crippen LogP contribution in [-0.4, -0.2) is 59.1 Å². The Kier molecular flexibility index (Phi) is 7.78. The highest BCUT2D eigenvalue weighted by molar-refractivity contribution is 5.94. The van der Waals surface area contributed by atoms with E-state index in [9.17, 15) is 9.59 Å². The van der Waals surface area contributed by atoms with Crippen molar-refractivity contribution in [1.29, 1.82) is 0 Å². The lowest BCUT2D eigenvalue weighted by Crippen LogP contribution is -2.47. The number of hydrogen-bond acceptors (Lipinski definition) is 7. The van der Waals surface area contributed by atoms with E-state index < -0.39 is 0 Å². The van der Waals surface area contributed by atoms with Gasteiger partial charge in [-0.3, -0.25) is 14.5 Å². The first-order chi connectivity index (χ1) is 14.5. The molecule has 0 spiro atoms. The van der Waals surface area contributed by atoms with Gasteiger partial charge in [0.15, 0.2) is 6.61 Å². The maximum Gasteiger partial charge on any atom is 0.251 e. The van der Waals surface area contributed by atoms with Crippen molar-refractivity contribution in [1.82, 2.24) is 25.7 Å². The van der Waals surface area contributed by atoms with E-state index in [2.05, 4.69) is 25.7 Å². The summed E-state index contributed by atoms with van der Waals surface area (Å²) >= 11 is 0. The van der Waals surface area contributed by atoms with Crippen molar-refractivity contribution in [3.05, 3.63) is 41.5 Å². The van der Waals surface area contributed by atoms with Gasteiger partial charge >= 0.3 is 0 Å². The third-order valence-corrected chi connectivity index (χ3v) is 4.92. The van der Waals surface area contributed by atoms with Crippen LogP contribution < -0.4 is 15.4 Å². The van der Waals surface area contributed by atoms with Gasteiger partial charge in [0.25, 0.3) is 5.91 Å². The van der Waals surface area contributed by atoms with Crippen molar-refractivity contribution >= 4 is 11.8 Å². The molecule has 162 valence electrons. The van der Waals surface area contributed by atoms with Crippen LogP contribution in [0.5, 0.6) is 5.75 Å². The van der Waals surface area contributed by atoms with Gasteiger partial charge in [0, 0.05) is 38.2 Å². The second-order valence-corrected chi connectivity index (χ2v) is 7.42. The lowest BCUT2D eigenvalue weighted by Gasteiger charge is -2.31. The van der Waals surface area contributed by atoms with Gasteiger partial charge in [-0.15, -0.1) is 0 Å². The zero-order valence-electron chi connectivity index (χ0n) is 17.5. The lowest BCUT2D eigenvalue weighted by molar-refractivity contribution is -0.122. The van der Waals surface area contributed by atoms with Crippen LogP contribution in [0.25, 0.3) is 0 Å². The number of hydrogen-bond donors (Lipinski definition) is 2. The minimum absolute atomic E-state index is 0.0658. The maximum absolute atomic E-state index is 12.5. The standard InChI is InChI=1S/C21H29N5O4/c1-3-10-22-20(27)13-26-11-8-17(9-12-26)24-21(28)16-4-6-18(7-5-16)29-14-19-23-15(2)30-25-19/h4-7,17H,3,8-14H2,1-2H3,(H,22,27)(H,24,28). The molecule has 1 saturated heterocycles. The SMILES string of the molecule is CCCNC(=O)CN1CCC(NC(=O)c2ccc(OCc3noc(C)n3)cc2)CC1. The molecular formula is C21H29N5O4. The molecule has 1 aromatic carbocycles. The fourth-order valence-corrected chi connectivity index (χ4v) is 3.28. The molecule has 0 atom stereocenters. The van der Waals surface area contributed by atoms with E-state index in [1.54, 1.807) is 31.2 Å². The molecule has 1 aliphatic rings. The van der Waals surface area contributed by atoms with Crippen LogP contribution >= 0.6 is 0 Å². The first-order valence-electron chi connectivity index (χ1n) is 10.4. The Morgan fingerprint density at radius 3 is 2.60 bits per heavy atom. The van der Waals surface area contributed by atoms with E-state index in [1.807, 2.05) is 6.92 Å². The molecule has 2 aromatic rings. The van der Waals surface area contributed by atoms with Gasteiger partial charge in [-0.25, -0.2) is 0 Å². The summed E-state index contributed by atoms with van der Waals surface area (Å²) in [5.74, 6) is 1.56. The number of nitrogens with one attached hydrogen (secondary N) is 2. The molecule has 1 aliphatic heterocycles. The van der Waals surface area contributed by atoms with E-state index >= 15 is 0 Å². The molecule has 0 aliphatic carbocycles. The highest BCUT2D eigenvalue weighted by atomic mass is 16.5. The molecule has 1 aromatic heterocycles. The van der Waals surface area contributed by atoms with Crippen LogP contribution in [0.2, 0.25) is 0 Å². The first-order valence-corrected chi connectivity index (χ1v) is 10.4. The third kappa shape index (κ3) is 6.55. The molecule has 3 rings (SSSR count). The Balaban J connectivity index is 1.40. The zero-order valence-corrected chi connectivity index (χ0v) is 17.5. The van der Waals surface area contributed by atoms with Crippen molar-refractivity contribution in [2.24, 2.45) is 0 Å². The number of nitrogens with zero attached hydrogens (tertiary/aromatic N) is 3. The number of rotatable bonds is 9. The fourth-order valence-electron chi connectivity index (χ4n) is 3.28. The number of aryl methyl sites for hydroxylation is 1. The molecule has 0 saturated carbocycles. The van der Waals surface area contributed by atoms with Gasteiger partial charge in [0.2, 0.25) is 17.6 Å². The second kappa shape index (κ2) is 10.7. The normalized spacial score (nSPS) is 15.0. The largest absolute Gasteiger partial charge is 0.485 e. The van der Waals surface area contributed by atoms with E-state index in [0.717, 1.165) is 32.4 Å². The number of piperidine rings is 1. The van der Waals surface area contributed by atoms with E-state index in [-0.39, 0.29) is 24.5 Å². The molecule has 2 amide bonds. The average molecular weight is 415 g/mol. The van der Waals surface area contributed by atoms with Crippen LogP contribution in [0.15, 0.2) is 28.8 Å². The lowest BCUT2D eigenvalue weighted by atomic mass is 10.0. The summed E-state index contributed by atoms with van der Waals surface area (Å²) < 4.78 is 10.5. The summed E-state index contributed by atoms with van der Waals surface area (Å²) in [4.78, 5) is 30.6. The van der Waals surface area contributed by atoms with Gasteiger partial charge in [-0.2, -0.15) is 4.98 Å². The molecule has 0 radical (unpaired) electrons. The minimum Gasteiger partial charge on any atom is -0.485 e. The molecule has 9 nitrogen and oxygen atoms in total. The highest BCUT2D eigenvalue weighted by Crippen LogP contribution is 2.15. The molecule has 0 bridgehead atoms. The topological polar surface area (TPSA) is 110 Å². The Hall–Kier alpha value is -2.94. The van der Waals surface area contributed by atoms with Crippen molar-refractivity contribution in [2.75, 3.05) is 26.2 Å². The monoisotopic (exact) mass is 415 g/mol.